The standard InChI is InChI=1S/C28H32N4O4/c1-2-23(31-26(33)12-8-18-30-25-11-6-7-17-29-25)28(36)32-24(19-27(34)35)22-15-13-21(14-16-22)20-9-4-3-5-10-20/h3-7,9-11,13-17,23-24H,2,8,12,18-19H2,1H3,(H,29,30)(H,31,33)(H,32,36)(H,34,35)/t23-,24?/m1/s1. The van der Waals surface area contributed by atoms with Crippen LogP contribution in [0.5, 0.6) is 0 Å². The minimum Gasteiger partial charge on any atom is -0.481 e. The Bertz CT molecular complexity index is 1120. The van der Waals surface area contributed by atoms with E-state index in [2.05, 4.69) is 20.9 Å². The normalized spacial score (nSPS) is 12.2. The third-order valence-electron chi connectivity index (χ3n) is 5.73. The van der Waals surface area contributed by atoms with Gasteiger partial charge in [-0.05, 0) is 41.7 Å². The molecule has 36 heavy (non-hydrogen) atoms. The predicted octanol–water partition coefficient (Wildman–Crippen LogP) is 4.17. The number of carbonyl (C=O) groups is 3. The van der Waals surface area contributed by atoms with Gasteiger partial charge in [-0.15, -0.1) is 0 Å². The summed E-state index contributed by atoms with van der Waals surface area (Å²) in [7, 11) is 0. The molecule has 0 aliphatic rings. The van der Waals surface area contributed by atoms with Crippen molar-refractivity contribution >= 4 is 23.6 Å². The minimum atomic E-state index is -1.02. The molecule has 0 aliphatic heterocycles. The monoisotopic (exact) mass is 488 g/mol. The van der Waals surface area contributed by atoms with Crippen LogP contribution in [0, 0.1) is 0 Å². The fraction of sp³-hybridized carbons (Fsp3) is 0.286. The number of nitrogens with zero attached hydrogens (tertiary/aromatic N) is 1. The summed E-state index contributed by atoms with van der Waals surface area (Å²) in [5.41, 5.74) is 2.73. The van der Waals surface area contributed by atoms with Crippen LogP contribution in [0.2, 0.25) is 0 Å². The number of aliphatic carboxylic acids is 1. The topological polar surface area (TPSA) is 120 Å². The number of carboxylic acid groups (broad SMARTS) is 1. The van der Waals surface area contributed by atoms with Crippen LogP contribution in [0.3, 0.4) is 0 Å². The first-order valence-electron chi connectivity index (χ1n) is 12.1. The Labute approximate surface area is 211 Å². The van der Waals surface area contributed by atoms with E-state index in [1.54, 1.807) is 13.1 Å². The maximum Gasteiger partial charge on any atom is 0.305 e. The van der Waals surface area contributed by atoms with E-state index < -0.39 is 24.0 Å². The van der Waals surface area contributed by atoms with Gasteiger partial charge in [-0.25, -0.2) is 4.98 Å². The molecule has 2 atom stereocenters. The molecule has 0 aliphatic carbocycles. The van der Waals surface area contributed by atoms with Gasteiger partial charge in [0, 0.05) is 19.2 Å². The van der Waals surface area contributed by atoms with Crippen molar-refractivity contribution < 1.29 is 19.5 Å². The zero-order chi connectivity index (χ0) is 25.8. The molecule has 0 fully saturated rings. The lowest BCUT2D eigenvalue weighted by Gasteiger charge is -2.22. The van der Waals surface area contributed by atoms with Gasteiger partial charge in [0.25, 0.3) is 0 Å². The van der Waals surface area contributed by atoms with Crippen LogP contribution in [-0.2, 0) is 14.4 Å². The highest BCUT2D eigenvalue weighted by Crippen LogP contribution is 2.23. The molecule has 2 aromatic carbocycles. The summed E-state index contributed by atoms with van der Waals surface area (Å²) in [5.74, 6) is -0.924. The zero-order valence-corrected chi connectivity index (χ0v) is 20.3. The van der Waals surface area contributed by atoms with Crippen molar-refractivity contribution in [2.75, 3.05) is 11.9 Å². The smallest absolute Gasteiger partial charge is 0.305 e. The molecule has 3 aromatic rings. The summed E-state index contributed by atoms with van der Waals surface area (Å²) in [5, 5.41) is 18.1. The van der Waals surface area contributed by atoms with Crippen molar-refractivity contribution in [3.8, 4) is 11.1 Å². The largest absolute Gasteiger partial charge is 0.481 e. The van der Waals surface area contributed by atoms with Gasteiger partial charge in [0.15, 0.2) is 0 Å². The number of amides is 2. The highest BCUT2D eigenvalue weighted by molar-refractivity contribution is 5.88. The Balaban J connectivity index is 1.55. The van der Waals surface area contributed by atoms with Gasteiger partial charge >= 0.3 is 5.97 Å². The second-order valence-corrected chi connectivity index (χ2v) is 8.42. The molecule has 1 unspecified atom stereocenters. The highest BCUT2D eigenvalue weighted by atomic mass is 16.4. The summed E-state index contributed by atoms with van der Waals surface area (Å²) in [6.07, 6.45) is 2.64. The number of rotatable bonds is 13. The Hall–Kier alpha value is -4.20. The van der Waals surface area contributed by atoms with E-state index in [-0.39, 0.29) is 18.7 Å². The highest BCUT2D eigenvalue weighted by Gasteiger charge is 2.24. The van der Waals surface area contributed by atoms with Crippen molar-refractivity contribution in [3.63, 3.8) is 0 Å². The van der Waals surface area contributed by atoms with Crippen molar-refractivity contribution in [2.45, 2.75) is 44.7 Å². The molecular weight excluding hydrogens is 456 g/mol. The maximum absolute atomic E-state index is 12.9. The fourth-order valence-electron chi connectivity index (χ4n) is 3.79. The number of nitrogens with one attached hydrogen (secondary N) is 3. The molecule has 8 heteroatoms. The van der Waals surface area contributed by atoms with Gasteiger partial charge in [0.1, 0.15) is 11.9 Å². The van der Waals surface area contributed by atoms with Crippen LogP contribution in [0.4, 0.5) is 5.82 Å². The first kappa shape index (κ1) is 26.4. The molecule has 2 amide bonds. The number of pyridine rings is 1. The van der Waals surface area contributed by atoms with Gasteiger partial charge < -0.3 is 21.1 Å². The van der Waals surface area contributed by atoms with Gasteiger partial charge in [0.2, 0.25) is 11.8 Å². The third-order valence-corrected chi connectivity index (χ3v) is 5.73. The molecule has 1 heterocycles. The van der Waals surface area contributed by atoms with Crippen molar-refractivity contribution in [3.05, 3.63) is 84.6 Å². The van der Waals surface area contributed by atoms with E-state index in [9.17, 15) is 19.5 Å². The van der Waals surface area contributed by atoms with E-state index in [0.717, 1.165) is 16.9 Å². The van der Waals surface area contributed by atoms with E-state index >= 15 is 0 Å². The SMILES string of the molecule is CC[C@@H](NC(=O)CCCNc1ccccn1)C(=O)NC(CC(=O)O)c1ccc(-c2ccccc2)cc1. The zero-order valence-electron chi connectivity index (χ0n) is 20.3. The Morgan fingerprint density at radius 2 is 1.58 bits per heavy atom. The quantitative estimate of drug-likeness (QED) is 0.268. The minimum absolute atomic E-state index is 0.234. The van der Waals surface area contributed by atoms with E-state index in [1.807, 2.05) is 72.8 Å². The lowest BCUT2D eigenvalue weighted by atomic mass is 9.98. The number of carbonyl (C=O) groups excluding carboxylic acids is 2. The predicted molar refractivity (Wildman–Crippen MR) is 139 cm³/mol. The van der Waals surface area contributed by atoms with Gasteiger partial charge in [0.05, 0.1) is 12.5 Å². The maximum atomic E-state index is 12.9. The average Bonchev–Trinajstić information content (AvgIpc) is 2.90. The molecule has 0 bridgehead atoms. The second-order valence-electron chi connectivity index (χ2n) is 8.42. The van der Waals surface area contributed by atoms with E-state index in [4.69, 9.17) is 0 Å². The second kappa shape index (κ2) is 13.6. The molecular formula is C28H32N4O4. The van der Waals surface area contributed by atoms with Crippen LogP contribution < -0.4 is 16.0 Å². The molecule has 4 N–H and O–H groups in total. The lowest BCUT2D eigenvalue weighted by molar-refractivity contribution is -0.138. The van der Waals surface area contributed by atoms with Crippen LogP contribution in [0.1, 0.15) is 44.2 Å². The van der Waals surface area contributed by atoms with Gasteiger partial charge in [-0.3, -0.25) is 14.4 Å². The van der Waals surface area contributed by atoms with Gasteiger partial charge in [-0.2, -0.15) is 0 Å². The van der Waals surface area contributed by atoms with Crippen molar-refractivity contribution in [1.29, 1.82) is 0 Å². The molecule has 0 saturated carbocycles. The number of benzene rings is 2. The summed E-state index contributed by atoms with van der Waals surface area (Å²) in [4.78, 5) is 41.0. The summed E-state index contributed by atoms with van der Waals surface area (Å²) in [6.45, 7) is 2.38. The van der Waals surface area contributed by atoms with Crippen molar-refractivity contribution in [2.24, 2.45) is 0 Å². The summed E-state index contributed by atoms with van der Waals surface area (Å²) < 4.78 is 0. The third kappa shape index (κ3) is 8.23. The number of hydrogen-bond acceptors (Lipinski definition) is 5. The Kier molecular flexibility index (Phi) is 10.00. The molecule has 0 radical (unpaired) electrons. The first-order valence-corrected chi connectivity index (χ1v) is 12.1. The first-order chi connectivity index (χ1) is 17.5. The molecule has 8 nitrogen and oxygen atoms in total. The van der Waals surface area contributed by atoms with Crippen LogP contribution >= 0.6 is 0 Å². The van der Waals surface area contributed by atoms with Crippen LogP contribution in [0.25, 0.3) is 11.1 Å². The summed E-state index contributed by atoms with van der Waals surface area (Å²) in [6, 6.07) is 21.4. The molecule has 188 valence electrons. The Morgan fingerprint density at radius 3 is 2.22 bits per heavy atom. The Morgan fingerprint density at radius 1 is 0.889 bits per heavy atom. The molecule has 1 aromatic heterocycles. The number of anilines is 1. The van der Waals surface area contributed by atoms with Gasteiger partial charge in [-0.1, -0.05) is 67.6 Å². The van der Waals surface area contributed by atoms with E-state index in [0.29, 0.717) is 24.9 Å². The lowest BCUT2D eigenvalue weighted by Crippen LogP contribution is -2.47. The van der Waals surface area contributed by atoms with E-state index in [1.165, 1.54) is 0 Å². The molecule has 3 rings (SSSR count). The fourth-order valence-corrected chi connectivity index (χ4v) is 3.79. The number of carboxylic acids is 1. The molecule has 0 saturated heterocycles. The van der Waals surface area contributed by atoms with Crippen LogP contribution in [-0.4, -0.2) is 40.5 Å². The number of hydrogen-bond donors (Lipinski definition) is 4. The average molecular weight is 489 g/mol. The summed E-state index contributed by atoms with van der Waals surface area (Å²) >= 11 is 0. The number of aromatic nitrogens is 1. The van der Waals surface area contributed by atoms with Crippen LogP contribution in [0.15, 0.2) is 79.0 Å². The molecule has 0 spiro atoms. The van der Waals surface area contributed by atoms with Crippen molar-refractivity contribution in [1.82, 2.24) is 15.6 Å².